The smallest absolute Gasteiger partial charge is 0.126 e. The van der Waals surface area contributed by atoms with Gasteiger partial charge in [-0.05, 0) is 31.5 Å². The fraction of sp³-hybridized carbons (Fsp3) is 0.385. The van der Waals surface area contributed by atoms with Crippen molar-refractivity contribution in [1.82, 2.24) is 0 Å². The summed E-state index contributed by atoms with van der Waals surface area (Å²) in [7, 11) is 1.65. The minimum absolute atomic E-state index is 0.571. The predicted octanol–water partition coefficient (Wildman–Crippen LogP) is 2.15. The Morgan fingerprint density at radius 1 is 1.38 bits per heavy atom. The van der Waals surface area contributed by atoms with Gasteiger partial charge >= 0.3 is 0 Å². The first kappa shape index (κ1) is 12.6. The van der Waals surface area contributed by atoms with Gasteiger partial charge in [-0.3, -0.25) is 0 Å². The maximum absolute atomic E-state index is 5.65. The lowest BCUT2D eigenvalue weighted by Gasteiger charge is -2.11. The van der Waals surface area contributed by atoms with E-state index in [4.69, 9.17) is 15.2 Å². The number of benzene rings is 1. The summed E-state index contributed by atoms with van der Waals surface area (Å²) in [6.07, 6.45) is 4.74. The molecule has 1 aromatic rings. The molecule has 3 heteroatoms. The normalized spacial score (nSPS) is 10.7. The van der Waals surface area contributed by atoms with Gasteiger partial charge in [0.1, 0.15) is 18.1 Å². The van der Waals surface area contributed by atoms with Crippen LogP contribution in [-0.2, 0) is 6.42 Å². The summed E-state index contributed by atoms with van der Waals surface area (Å²) in [5.41, 5.74) is 6.67. The number of methoxy groups -OCH3 is 1. The second-order valence-electron chi connectivity index (χ2n) is 3.39. The Labute approximate surface area is 96.9 Å². The Bertz CT molecular complexity index is 348. The molecule has 2 N–H and O–H groups in total. The lowest BCUT2D eigenvalue weighted by molar-refractivity contribution is 0.352. The SMILES string of the molecule is CC=CCOc1cc(OC)ccc1CCN. The molecule has 0 bridgehead atoms. The number of hydrogen-bond donors (Lipinski definition) is 1. The lowest BCUT2D eigenvalue weighted by Crippen LogP contribution is -2.05. The van der Waals surface area contributed by atoms with Crippen molar-refractivity contribution in [2.75, 3.05) is 20.3 Å². The highest BCUT2D eigenvalue weighted by atomic mass is 16.5. The number of rotatable bonds is 6. The van der Waals surface area contributed by atoms with Crippen molar-refractivity contribution in [2.45, 2.75) is 13.3 Å². The standard InChI is InChI=1S/C13H19NO2/c1-3-4-9-16-13-10-12(15-2)6-5-11(13)7-8-14/h3-6,10H,7-9,14H2,1-2H3. The second kappa shape index (κ2) is 6.90. The molecular formula is C13H19NO2. The maximum atomic E-state index is 5.65. The molecule has 0 unspecified atom stereocenters. The van der Waals surface area contributed by atoms with Crippen molar-refractivity contribution < 1.29 is 9.47 Å². The minimum atomic E-state index is 0.571. The number of hydrogen-bond acceptors (Lipinski definition) is 3. The van der Waals surface area contributed by atoms with Gasteiger partial charge in [-0.15, -0.1) is 0 Å². The molecule has 0 spiro atoms. The summed E-state index contributed by atoms with van der Waals surface area (Å²) in [5, 5.41) is 0. The molecule has 0 aliphatic heterocycles. The van der Waals surface area contributed by atoms with Crippen LogP contribution in [0.2, 0.25) is 0 Å². The van der Waals surface area contributed by atoms with Crippen molar-refractivity contribution in [1.29, 1.82) is 0 Å². The monoisotopic (exact) mass is 221 g/mol. The summed E-state index contributed by atoms with van der Waals surface area (Å²) in [5.74, 6) is 1.65. The highest BCUT2D eigenvalue weighted by molar-refractivity contribution is 5.41. The van der Waals surface area contributed by atoms with E-state index in [-0.39, 0.29) is 0 Å². The topological polar surface area (TPSA) is 44.5 Å². The zero-order valence-corrected chi connectivity index (χ0v) is 9.90. The van der Waals surface area contributed by atoms with Crippen LogP contribution in [0, 0.1) is 0 Å². The fourth-order valence-electron chi connectivity index (χ4n) is 1.39. The molecule has 0 saturated heterocycles. The molecule has 0 aliphatic rings. The van der Waals surface area contributed by atoms with Crippen molar-refractivity contribution in [3.05, 3.63) is 35.9 Å². The van der Waals surface area contributed by atoms with Gasteiger partial charge in [0.15, 0.2) is 0 Å². The van der Waals surface area contributed by atoms with E-state index >= 15 is 0 Å². The average molecular weight is 221 g/mol. The molecule has 0 atom stereocenters. The molecule has 0 aromatic heterocycles. The largest absolute Gasteiger partial charge is 0.497 e. The van der Waals surface area contributed by atoms with Gasteiger partial charge in [-0.1, -0.05) is 18.2 Å². The van der Waals surface area contributed by atoms with Crippen LogP contribution in [0.3, 0.4) is 0 Å². The van der Waals surface area contributed by atoms with Gasteiger partial charge in [0.2, 0.25) is 0 Å². The number of ether oxygens (including phenoxy) is 2. The van der Waals surface area contributed by atoms with E-state index in [0.717, 1.165) is 23.5 Å². The van der Waals surface area contributed by atoms with Gasteiger partial charge in [0.05, 0.1) is 7.11 Å². The van der Waals surface area contributed by atoms with Gasteiger partial charge < -0.3 is 15.2 Å². The van der Waals surface area contributed by atoms with E-state index in [0.29, 0.717) is 13.2 Å². The zero-order valence-electron chi connectivity index (χ0n) is 9.90. The Morgan fingerprint density at radius 2 is 2.19 bits per heavy atom. The molecule has 16 heavy (non-hydrogen) atoms. The first-order valence-electron chi connectivity index (χ1n) is 5.42. The van der Waals surface area contributed by atoms with Crippen molar-refractivity contribution in [3.8, 4) is 11.5 Å². The first-order valence-corrected chi connectivity index (χ1v) is 5.42. The molecule has 0 fully saturated rings. The second-order valence-corrected chi connectivity index (χ2v) is 3.39. The van der Waals surface area contributed by atoms with E-state index in [1.165, 1.54) is 0 Å². The number of nitrogens with two attached hydrogens (primary N) is 1. The quantitative estimate of drug-likeness (QED) is 0.749. The van der Waals surface area contributed by atoms with Crippen LogP contribution in [0.1, 0.15) is 12.5 Å². The van der Waals surface area contributed by atoms with Gasteiger partial charge in [-0.25, -0.2) is 0 Å². The van der Waals surface area contributed by atoms with E-state index in [9.17, 15) is 0 Å². The highest BCUT2D eigenvalue weighted by Gasteiger charge is 2.04. The van der Waals surface area contributed by atoms with Crippen molar-refractivity contribution in [2.24, 2.45) is 5.73 Å². The van der Waals surface area contributed by atoms with E-state index in [1.54, 1.807) is 7.11 Å². The minimum Gasteiger partial charge on any atom is -0.497 e. The molecule has 1 rings (SSSR count). The Balaban J connectivity index is 2.81. The molecular weight excluding hydrogens is 202 g/mol. The van der Waals surface area contributed by atoms with Crippen molar-refractivity contribution >= 4 is 0 Å². The lowest BCUT2D eigenvalue weighted by atomic mass is 10.1. The van der Waals surface area contributed by atoms with Crippen LogP contribution >= 0.6 is 0 Å². The van der Waals surface area contributed by atoms with Crippen molar-refractivity contribution in [3.63, 3.8) is 0 Å². The first-order chi connectivity index (χ1) is 7.81. The molecule has 0 aliphatic carbocycles. The Hall–Kier alpha value is -1.48. The molecule has 0 amide bonds. The van der Waals surface area contributed by atoms with Crippen LogP contribution in [0.5, 0.6) is 11.5 Å². The fourth-order valence-corrected chi connectivity index (χ4v) is 1.39. The van der Waals surface area contributed by atoms with Crippen LogP contribution in [0.4, 0.5) is 0 Å². The van der Waals surface area contributed by atoms with Gasteiger partial charge in [-0.2, -0.15) is 0 Å². The third-order valence-corrected chi connectivity index (χ3v) is 2.26. The zero-order chi connectivity index (χ0) is 11.8. The Morgan fingerprint density at radius 3 is 2.81 bits per heavy atom. The predicted molar refractivity (Wildman–Crippen MR) is 66.1 cm³/mol. The Kier molecular flexibility index (Phi) is 5.43. The van der Waals surface area contributed by atoms with Gasteiger partial charge in [0, 0.05) is 6.07 Å². The summed E-state index contributed by atoms with van der Waals surface area (Å²) in [4.78, 5) is 0. The molecule has 0 saturated carbocycles. The molecule has 88 valence electrons. The third-order valence-electron chi connectivity index (χ3n) is 2.26. The van der Waals surface area contributed by atoms with E-state index < -0.39 is 0 Å². The molecule has 0 heterocycles. The third kappa shape index (κ3) is 3.59. The van der Waals surface area contributed by atoms with E-state index in [2.05, 4.69) is 0 Å². The number of allylic oxidation sites excluding steroid dienone is 1. The van der Waals surface area contributed by atoms with Crippen LogP contribution < -0.4 is 15.2 Å². The van der Waals surface area contributed by atoms with Crippen LogP contribution in [-0.4, -0.2) is 20.3 Å². The molecule has 1 aromatic carbocycles. The molecule has 0 radical (unpaired) electrons. The summed E-state index contributed by atoms with van der Waals surface area (Å²) < 4.78 is 10.8. The van der Waals surface area contributed by atoms with E-state index in [1.807, 2.05) is 37.3 Å². The van der Waals surface area contributed by atoms with Gasteiger partial charge in [0.25, 0.3) is 0 Å². The van der Waals surface area contributed by atoms with Crippen LogP contribution in [0.25, 0.3) is 0 Å². The average Bonchev–Trinajstić information content (AvgIpc) is 2.31. The highest BCUT2D eigenvalue weighted by Crippen LogP contribution is 2.25. The summed E-state index contributed by atoms with van der Waals surface area (Å²) >= 11 is 0. The maximum Gasteiger partial charge on any atom is 0.126 e. The van der Waals surface area contributed by atoms with Crippen LogP contribution in [0.15, 0.2) is 30.4 Å². The summed E-state index contributed by atoms with van der Waals surface area (Å²) in [6.45, 7) is 3.16. The molecule has 3 nitrogen and oxygen atoms in total. The summed E-state index contributed by atoms with van der Waals surface area (Å²) in [6, 6.07) is 5.82.